The molecule has 0 atom stereocenters. The Morgan fingerprint density at radius 2 is 1.86 bits per heavy atom. The zero-order chi connectivity index (χ0) is 30.8. The van der Waals surface area contributed by atoms with Crippen LogP contribution in [0.3, 0.4) is 0 Å². The molecule has 0 bridgehead atoms. The van der Waals surface area contributed by atoms with E-state index in [1.54, 1.807) is 35.5 Å². The van der Waals surface area contributed by atoms with Crippen LogP contribution in [-0.2, 0) is 16.0 Å². The van der Waals surface area contributed by atoms with Crippen molar-refractivity contribution in [2.24, 2.45) is 11.8 Å². The number of aliphatic hydroxyl groups excluding tert-OH is 2. The Hall–Kier alpha value is -3.32. The molecule has 2 amide bonds. The fourth-order valence-electron chi connectivity index (χ4n) is 5.02. The number of rotatable bonds is 14. The van der Waals surface area contributed by atoms with E-state index in [0.29, 0.717) is 47.9 Å². The van der Waals surface area contributed by atoms with Crippen molar-refractivity contribution < 1.29 is 34.0 Å². The minimum Gasteiger partial charge on any atom is -0.493 e. The number of nitrogens with zero attached hydrogens (tertiary/aromatic N) is 4. The van der Waals surface area contributed by atoms with Crippen LogP contribution in [0.1, 0.15) is 31.2 Å². The standard InChI is InChI=1S/C30H39ClFN5O6/c31-24-14-33-29(34-15-24)36-9-7-21(8-10-36)2-1-11-43-25-5-4-23(26(32)13-25)12-28(41)37-16-22(17-37)3-6-27(40)35-18-30(42,19-38)20-39/h3-6,13-15,21-22,38-39,42H,1-2,7-12,16-20H2,(H,35,40)/b6-3+. The van der Waals surface area contributed by atoms with E-state index in [0.717, 1.165) is 38.8 Å². The summed E-state index contributed by atoms with van der Waals surface area (Å²) < 4.78 is 20.5. The number of benzene rings is 1. The number of carbonyl (C=O) groups is 2. The molecule has 11 nitrogen and oxygen atoms in total. The number of piperidine rings is 1. The van der Waals surface area contributed by atoms with Crippen molar-refractivity contribution in [2.45, 2.75) is 37.7 Å². The Bertz CT molecular complexity index is 1250. The van der Waals surface area contributed by atoms with Gasteiger partial charge in [0.15, 0.2) is 0 Å². The molecule has 2 aromatic rings. The maximum Gasteiger partial charge on any atom is 0.243 e. The normalized spacial score (nSPS) is 16.4. The van der Waals surface area contributed by atoms with Crippen molar-refractivity contribution in [2.75, 3.05) is 57.4 Å². The number of carbonyl (C=O) groups excluding carboxylic acids is 2. The van der Waals surface area contributed by atoms with E-state index in [1.807, 2.05) is 0 Å². The van der Waals surface area contributed by atoms with Gasteiger partial charge in [0.25, 0.3) is 0 Å². The molecule has 2 fully saturated rings. The molecule has 0 saturated carbocycles. The molecule has 234 valence electrons. The maximum atomic E-state index is 14.7. The molecule has 0 spiro atoms. The van der Waals surface area contributed by atoms with Crippen LogP contribution in [0, 0.1) is 17.7 Å². The van der Waals surface area contributed by atoms with Gasteiger partial charge in [-0.3, -0.25) is 9.59 Å². The molecule has 1 aromatic heterocycles. The third-order valence-corrected chi connectivity index (χ3v) is 8.05. The molecular formula is C30H39ClFN5O6. The first-order valence-corrected chi connectivity index (χ1v) is 14.9. The van der Waals surface area contributed by atoms with Gasteiger partial charge in [0.05, 0.1) is 50.2 Å². The lowest BCUT2D eigenvalue weighted by atomic mass is 9.92. The van der Waals surface area contributed by atoms with Gasteiger partial charge in [-0.15, -0.1) is 0 Å². The fourth-order valence-corrected chi connectivity index (χ4v) is 5.12. The van der Waals surface area contributed by atoms with Crippen LogP contribution in [0.2, 0.25) is 5.02 Å². The van der Waals surface area contributed by atoms with Crippen LogP contribution in [0.25, 0.3) is 0 Å². The van der Waals surface area contributed by atoms with Gasteiger partial charge in [0, 0.05) is 38.2 Å². The molecule has 4 rings (SSSR count). The number of ether oxygens (including phenoxy) is 1. The zero-order valence-electron chi connectivity index (χ0n) is 24.0. The quantitative estimate of drug-likeness (QED) is 0.183. The number of halogens is 2. The highest BCUT2D eigenvalue weighted by atomic mass is 35.5. The van der Waals surface area contributed by atoms with Gasteiger partial charge in [-0.25, -0.2) is 14.4 Å². The zero-order valence-corrected chi connectivity index (χ0v) is 24.8. The summed E-state index contributed by atoms with van der Waals surface area (Å²) in [5.74, 6) is 0.547. The molecule has 4 N–H and O–H groups in total. The van der Waals surface area contributed by atoms with Crippen LogP contribution in [0.4, 0.5) is 10.3 Å². The first-order chi connectivity index (χ1) is 20.7. The number of hydrogen-bond donors (Lipinski definition) is 4. The molecular weight excluding hydrogens is 581 g/mol. The highest BCUT2D eigenvalue weighted by molar-refractivity contribution is 6.30. The van der Waals surface area contributed by atoms with E-state index >= 15 is 0 Å². The first-order valence-electron chi connectivity index (χ1n) is 14.5. The van der Waals surface area contributed by atoms with Gasteiger partial charge in [-0.1, -0.05) is 23.7 Å². The van der Waals surface area contributed by atoms with Crippen LogP contribution < -0.4 is 15.0 Å². The van der Waals surface area contributed by atoms with E-state index in [1.165, 1.54) is 12.1 Å². The van der Waals surface area contributed by atoms with Crippen LogP contribution in [0.15, 0.2) is 42.7 Å². The van der Waals surface area contributed by atoms with Gasteiger partial charge < -0.3 is 35.2 Å². The molecule has 2 saturated heterocycles. The van der Waals surface area contributed by atoms with E-state index in [2.05, 4.69) is 20.2 Å². The second kappa shape index (κ2) is 15.4. The van der Waals surface area contributed by atoms with Gasteiger partial charge >= 0.3 is 0 Å². The van der Waals surface area contributed by atoms with Gasteiger partial charge in [-0.2, -0.15) is 0 Å². The molecule has 0 radical (unpaired) electrons. The number of nitrogens with one attached hydrogen (secondary N) is 1. The van der Waals surface area contributed by atoms with E-state index in [-0.39, 0.29) is 24.8 Å². The number of amides is 2. The summed E-state index contributed by atoms with van der Waals surface area (Å²) in [4.78, 5) is 36.8. The summed E-state index contributed by atoms with van der Waals surface area (Å²) in [6.07, 6.45) is 10.1. The third kappa shape index (κ3) is 9.59. The van der Waals surface area contributed by atoms with Crippen LogP contribution >= 0.6 is 11.6 Å². The van der Waals surface area contributed by atoms with E-state index in [4.69, 9.17) is 26.6 Å². The lowest BCUT2D eigenvalue weighted by Gasteiger charge is -2.37. The largest absolute Gasteiger partial charge is 0.493 e. The molecule has 43 heavy (non-hydrogen) atoms. The molecule has 1 aromatic carbocycles. The Balaban J connectivity index is 1.10. The van der Waals surface area contributed by atoms with Crippen molar-refractivity contribution in [1.82, 2.24) is 20.2 Å². The second-order valence-electron chi connectivity index (χ2n) is 11.2. The van der Waals surface area contributed by atoms with Crippen molar-refractivity contribution in [3.8, 4) is 5.75 Å². The van der Waals surface area contributed by atoms with Crippen LogP contribution in [-0.4, -0.2) is 100 Å². The summed E-state index contributed by atoms with van der Waals surface area (Å²) in [7, 11) is 0. The Labute approximate surface area is 255 Å². The van der Waals surface area contributed by atoms with E-state index < -0.39 is 30.5 Å². The summed E-state index contributed by atoms with van der Waals surface area (Å²) in [5.41, 5.74) is -1.48. The number of likely N-dealkylation sites (tertiary alicyclic amines) is 1. The second-order valence-corrected chi connectivity index (χ2v) is 11.7. The number of hydrogen-bond acceptors (Lipinski definition) is 9. The number of aromatic nitrogens is 2. The Morgan fingerprint density at radius 3 is 2.51 bits per heavy atom. The molecule has 13 heteroatoms. The Kier molecular flexibility index (Phi) is 11.7. The fraction of sp³-hybridized carbons (Fsp3) is 0.533. The summed E-state index contributed by atoms with van der Waals surface area (Å²) >= 11 is 5.87. The molecule has 2 aliphatic rings. The predicted molar refractivity (Wildman–Crippen MR) is 158 cm³/mol. The number of aliphatic hydroxyl groups is 3. The SMILES string of the molecule is O=C(/C=C/C1CN(C(=O)Cc2ccc(OCCCC3CCN(c4ncc(Cl)cn4)CC3)cc2F)C1)NCC(O)(CO)CO. The highest BCUT2D eigenvalue weighted by Crippen LogP contribution is 2.25. The first kappa shape index (κ1) is 32.6. The minimum absolute atomic E-state index is 0.0186. The average Bonchev–Trinajstić information content (AvgIpc) is 2.99. The topological polar surface area (TPSA) is 148 Å². The number of anilines is 1. The monoisotopic (exact) mass is 619 g/mol. The maximum absolute atomic E-state index is 14.7. The van der Waals surface area contributed by atoms with Crippen molar-refractivity contribution in [1.29, 1.82) is 0 Å². The van der Waals surface area contributed by atoms with Gasteiger partial charge in [-0.05, 0) is 49.3 Å². The lowest BCUT2D eigenvalue weighted by molar-refractivity contribution is -0.135. The van der Waals surface area contributed by atoms with Crippen molar-refractivity contribution in [3.63, 3.8) is 0 Å². The summed E-state index contributed by atoms with van der Waals surface area (Å²) in [6.45, 7) is 1.44. The van der Waals surface area contributed by atoms with Gasteiger partial charge in [0.1, 0.15) is 17.2 Å². The van der Waals surface area contributed by atoms with E-state index in [9.17, 15) is 19.1 Å². The minimum atomic E-state index is -1.78. The van der Waals surface area contributed by atoms with Crippen LogP contribution in [0.5, 0.6) is 5.75 Å². The average molecular weight is 620 g/mol. The third-order valence-electron chi connectivity index (χ3n) is 7.86. The Morgan fingerprint density at radius 1 is 1.16 bits per heavy atom. The predicted octanol–water partition coefficient (Wildman–Crippen LogP) is 1.73. The molecule has 0 aliphatic carbocycles. The smallest absolute Gasteiger partial charge is 0.243 e. The highest BCUT2D eigenvalue weighted by Gasteiger charge is 2.30. The van der Waals surface area contributed by atoms with Crippen molar-refractivity contribution in [3.05, 3.63) is 59.1 Å². The summed E-state index contributed by atoms with van der Waals surface area (Å²) in [6, 6.07) is 4.59. The van der Waals surface area contributed by atoms with Crippen molar-refractivity contribution >= 4 is 29.4 Å². The summed E-state index contributed by atoms with van der Waals surface area (Å²) in [5, 5.41) is 30.8. The molecule has 2 aliphatic heterocycles. The lowest BCUT2D eigenvalue weighted by Crippen LogP contribution is -2.50. The molecule has 0 unspecified atom stereocenters. The van der Waals surface area contributed by atoms with Gasteiger partial charge in [0.2, 0.25) is 17.8 Å². The molecule has 3 heterocycles.